The molecule has 0 amide bonds. The molecule has 4 unspecified atom stereocenters. The molecule has 0 radical (unpaired) electrons. The molecule has 0 saturated carbocycles. The third kappa shape index (κ3) is 40.6. The first kappa shape index (κ1) is 62.8. The van der Waals surface area contributed by atoms with Gasteiger partial charge in [0.25, 0.3) is 0 Å². The fourth-order valence-electron chi connectivity index (χ4n) is 7.92. The van der Waals surface area contributed by atoms with E-state index in [0.717, 1.165) is 75.3 Å². The Labute approximate surface area is 434 Å². The average Bonchev–Trinajstić information content (AvgIpc) is 3.26. The van der Waals surface area contributed by atoms with E-state index in [2.05, 4.69) is 38.1 Å². The van der Waals surface area contributed by atoms with Gasteiger partial charge in [0.1, 0.15) is 12.2 Å². The van der Waals surface area contributed by atoms with E-state index in [1.807, 2.05) is 36.4 Å². The molecular weight excluding hydrogens is 946 g/mol. The zero-order valence-electron chi connectivity index (χ0n) is 41.1. The zero-order chi connectivity index (χ0) is 46.9. The van der Waals surface area contributed by atoms with E-state index >= 15 is 0 Å². The summed E-state index contributed by atoms with van der Waals surface area (Å²) in [4.78, 5) is 44.4. The van der Waals surface area contributed by atoms with Gasteiger partial charge in [-0.15, -0.1) is 0 Å². The third-order valence-electron chi connectivity index (χ3n) is 11.4. The first-order valence-corrected chi connectivity index (χ1v) is 25.1. The van der Waals surface area contributed by atoms with Crippen LogP contribution < -0.4 is 10.2 Å². The second-order valence-corrected chi connectivity index (χ2v) is 17.5. The molecule has 364 valence electrons. The largest absolute Gasteiger partial charge is 2.00 e. The molecule has 0 aliphatic heterocycles. The number of carbonyl (C=O) groups excluding carboxylic acids is 4. The number of aliphatic carboxylic acids is 2. The third-order valence-corrected chi connectivity index (χ3v) is 11.4. The fourth-order valence-corrected chi connectivity index (χ4v) is 7.92. The van der Waals surface area contributed by atoms with Crippen molar-refractivity contribution in [2.45, 2.75) is 245 Å². The van der Waals surface area contributed by atoms with Crippen LogP contribution >= 0.6 is 0 Å². The molecule has 2 rings (SSSR count). The van der Waals surface area contributed by atoms with Crippen LogP contribution in [0, 0.1) is 0 Å². The van der Waals surface area contributed by atoms with Crippen LogP contribution in [0.3, 0.4) is 0 Å². The Morgan fingerprint density at radius 2 is 0.723 bits per heavy atom. The molecule has 0 aliphatic rings. The maximum Gasteiger partial charge on any atom is 2.00 e. The molecule has 10 nitrogen and oxygen atoms in total. The SMILES string of the molecule is CCCCCCCCCC(CC(CCCCCC(=O)[O-])OC(C)=O)OCc1ccccc1.CCCCCCCCCC(CC(CCCCCC(=O)[O-])OC(C)=O)OCc1ccccc1.[Ba+2]. The van der Waals surface area contributed by atoms with Gasteiger partial charge in [0.05, 0.1) is 25.4 Å². The van der Waals surface area contributed by atoms with Crippen molar-refractivity contribution in [2.75, 3.05) is 0 Å². The van der Waals surface area contributed by atoms with Gasteiger partial charge in [-0.3, -0.25) is 9.59 Å². The Bertz CT molecular complexity index is 1320. The minimum absolute atomic E-state index is 0. The quantitative estimate of drug-likeness (QED) is 0.0358. The van der Waals surface area contributed by atoms with E-state index in [9.17, 15) is 29.4 Å². The number of rotatable bonds is 40. The number of carbonyl (C=O) groups is 4. The predicted octanol–water partition coefficient (Wildman–Crippen LogP) is 11.1. The molecule has 2 aromatic carbocycles. The fraction of sp³-hybridized carbons (Fsp3) is 0.704. The Balaban J connectivity index is 0.00000124. The van der Waals surface area contributed by atoms with Crippen molar-refractivity contribution >= 4 is 72.8 Å². The molecule has 0 heterocycles. The smallest absolute Gasteiger partial charge is 0.550 e. The number of carboxylic acids is 2. The normalized spacial score (nSPS) is 12.7. The van der Waals surface area contributed by atoms with Crippen LogP contribution in [0.5, 0.6) is 0 Å². The van der Waals surface area contributed by atoms with Crippen molar-refractivity contribution in [3.63, 3.8) is 0 Å². The maximum absolute atomic E-state index is 11.6. The summed E-state index contributed by atoms with van der Waals surface area (Å²) in [6, 6.07) is 20.3. The van der Waals surface area contributed by atoms with Crippen molar-refractivity contribution in [2.24, 2.45) is 0 Å². The van der Waals surface area contributed by atoms with Crippen LogP contribution in [0.15, 0.2) is 60.7 Å². The summed E-state index contributed by atoms with van der Waals surface area (Å²) < 4.78 is 23.7. The van der Waals surface area contributed by atoms with E-state index < -0.39 is 11.9 Å². The molecule has 4 atom stereocenters. The predicted molar refractivity (Wildman–Crippen MR) is 258 cm³/mol. The molecule has 65 heavy (non-hydrogen) atoms. The molecule has 0 fully saturated rings. The van der Waals surface area contributed by atoms with Gasteiger partial charge in [0.15, 0.2) is 0 Å². The zero-order valence-corrected chi connectivity index (χ0v) is 45.5. The first-order chi connectivity index (χ1) is 31.0. The van der Waals surface area contributed by atoms with Crippen molar-refractivity contribution < 1.29 is 48.3 Å². The second-order valence-electron chi connectivity index (χ2n) is 17.5. The maximum atomic E-state index is 11.6. The van der Waals surface area contributed by atoms with Crippen molar-refractivity contribution in [3.05, 3.63) is 71.8 Å². The van der Waals surface area contributed by atoms with Crippen molar-refractivity contribution in [1.29, 1.82) is 0 Å². The van der Waals surface area contributed by atoms with Gasteiger partial charge in [-0.05, 0) is 75.3 Å². The van der Waals surface area contributed by atoms with E-state index in [0.29, 0.717) is 38.9 Å². The summed E-state index contributed by atoms with van der Waals surface area (Å²) in [7, 11) is 0. The van der Waals surface area contributed by atoms with Crippen LogP contribution in [0.1, 0.15) is 219 Å². The van der Waals surface area contributed by atoms with Crippen LogP contribution in [0.2, 0.25) is 0 Å². The summed E-state index contributed by atoms with van der Waals surface area (Å²) in [5.41, 5.74) is 2.28. The van der Waals surface area contributed by atoms with E-state index in [-0.39, 0.29) is 98.1 Å². The Morgan fingerprint density at radius 1 is 0.431 bits per heavy atom. The summed E-state index contributed by atoms with van der Waals surface area (Å²) in [6.45, 7) is 8.47. The van der Waals surface area contributed by atoms with Gasteiger partial charge in [0.2, 0.25) is 0 Å². The number of esters is 2. The summed E-state index contributed by atoms with van der Waals surface area (Å²) in [5, 5.41) is 21.2. The van der Waals surface area contributed by atoms with Gasteiger partial charge in [0, 0.05) is 38.6 Å². The minimum atomic E-state index is -1.01. The Hall–Kier alpha value is -2.19. The summed E-state index contributed by atoms with van der Waals surface area (Å²) in [6.07, 6.45) is 26.6. The van der Waals surface area contributed by atoms with Gasteiger partial charge in [-0.1, -0.05) is 177 Å². The second kappa shape index (κ2) is 44.3. The molecule has 0 saturated heterocycles. The number of benzene rings is 2. The van der Waals surface area contributed by atoms with Crippen LogP contribution in [-0.2, 0) is 51.3 Å². The molecular formula is C54H86BaO10. The first-order valence-electron chi connectivity index (χ1n) is 25.1. The summed E-state index contributed by atoms with van der Waals surface area (Å²) >= 11 is 0. The number of hydrogen-bond acceptors (Lipinski definition) is 10. The van der Waals surface area contributed by atoms with Gasteiger partial charge in [-0.25, -0.2) is 0 Å². The van der Waals surface area contributed by atoms with Crippen molar-refractivity contribution in [1.82, 2.24) is 0 Å². The molecule has 2 aromatic rings. The molecule has 0 N–H and O–H groups in total. The molecule has 0 spiro atoms. The van der Waals surface area contributed by atoms with Crippen molar-refractivity contribution in [3.8, 4) is 0 Å². The van der Waals surface area contributed by atoms with E-state index in [1.54, 1.807) is 0 Å². The molecule has 0 aliphatic carbocycles. The number of hydrogen-bond donors (Lipinski definition) is 0. The number of ether oxygens (including phenoxy) is 4. The van der Waals surface area contributed by atoms with Crippen LogP contribution in [0.4, 0.5) is 0 Å². The van der Waals surface area contributed by atoms with E-state index in [4.69, 9.17) is 18.9 Å². The Morgan fingerprint density at radius 3 is 1.03 bits per heavy atom. The topological polar surface area (TPSA) is 151 Å². The monoisotopic (exact) mass is 1030 g/mol. The number of carboxylic acid groups (broad SMARTS) is 2. The van der Waals surface area contributed by atoms with Gasteiger partial charge < -0.3 is 38.7 Å². The number of unbranched alkanes of at least 4 members (excludes halogenated alkanes) is 16. The van der Waals surface area contributed by atoms with Gasteiger partial charge >= 0.3 is 60.8 Å². The summed E-state index contributed by atoms with van der Waals surface area (Å²) in [5.74, 6) is -2.57. The van der Waals surface area contributed by atoms with Crippen LogP contribution in [-0.4, -0.2) is 97.2 Å². The molecule has 0 bridgehead atoms. The average molecular weight is 1030 g/mol. The van der Waals surface area contributed by atoms with Crippen LogP contribution in [0.25, 0.3) is 0 Å². The van der Waals surface area contributed by atoms with E-state index in [1.165, 1.54) is 90.9 Å². The van der Waals surface area contributed by atoms with Gasteiger partial charge in [-0.2, -0.15) is 0 Å². The molecule has 0 aromatic heterocycles. The Kier molecular flexibility index (Phi) is 42.8. The minimum Gasteiger partial charge on any atom is -0.550 e. The molecule has 11 heteroatoms. The standard InChI is InChI=1S/2C27H44O5.Ba/c2*1-3-4-5-6-7-8-13-18-25(31-22-24-16-11-9-12-17-24)21-26(32-23(2)28)19-14-10-15-20-27(29)30;/h2*9,11-12,16-17,25-26H,3-8,10,13-15,18-22H2,1-2H3,(H,29,30);/q;;+2/p-2.